The number of alkyl halides is 3. The number of likely N-dealkylation sites (N-methyl/N-ethyl adjacent to an activating group) is 1. The van der Waals surface area contributed by atoms with Crippen molar-refractivity contribution in [2.75, 3.05) is 13.6 Å². The summed E-state index contributed by atoms with van der Waals surface area (Å²) in [5.74, 6) is 0. The third-order valence-electron chi connectivity index (χ3n) is 1.89. The molecule has 1 rings (SSSR count). The molecule has 0 spiro atoms. The zero-order chi connectivity index (χ0) is 12.3. The highest BCUT2D eigenvalue weighted by atomic mass is 79.9. The van der Waals surface area contributed by atoms with Crippen molar-refractivity contribution >= 4 is 15.9 Å². The summed E-state index contributed by atoms with van der Waals surface area (Å²) in [6, 6.07) is 1.36. The van der Waals surface area contributed by atoms with E-state index < -0.39 is 11.9 Å². The van der Waals surface area contributed by atoms with Crippen LogP contribution in [0.15, 0.2) is 16.7 Å². The molecule has 0 fully saturated rings. The topological polar surface area (TPSA) is 36.4 Å². The Hall–Kier alpha value is -0.660. The van der Waals surface area contributed by atoms with Crippen LogP contribution < -0.4 is 0 Å². The average molecular weight is 299 g/mol. The van der Waals surface area contributed by atoms with Gasteiger partial charge in [0.15, 0.2) is 5.69 Å². The van der Waals surface area contributed by atoms with Crippen LogP contribution >= 0.6 is 15.9 Å². The molecule has 0 radical (unpaired) electrons. The molecule has 0 bridgehead atoms. The Morgan fingerprint density at radius 3 is 2.56 bits per heavy atom. The minimum atomic E-state index is -4.45. The van der Waals surface area contributed by atoms with E-state index >= 15 is 0 Å². The van der Waals surface area contributed by atoms with Gasteiger partial charge in [0.2, 0.25) is 0 Å². The molecule has 16 heavy (non-hydrogen) atoms. The number of aromatic nitrogens is 1. The van der Waals surface area contributed by atoms with Crippen LogP contribution in [-0.4, -0.2) is 28.8 Å². The Morgan fingerprint density at radius 2 is 2.12 bits per heavy atom. The molecule has 0 aliphatic rings. The molecule has 0 saturated carbocycles. The average Bonchev–Trinajstić information content (AvgIpc) is 2.12. The van der Waals surface area contributed by atoms with Gasteiger partial charge in [-0.15, -0.1) is 0 Å². The van der Waals surface area contributed by atoms with Crippen molar-refractivity contribution in [3.63, 3.8) is 0 Å². The second-order valence-corrected chi connectivity index (χ2v) is 4.16. The van der Waals surface area contributed by atoms with Gasteiger partial charge < -0.3 is 5.21 Å². The van der Waals surface area contributed by atoms with Crippen molar-refractivity contribution < 1.29 is 18.4 Å². The van der Waals surface area contributed by atoms with E-state index in [4.69, 9.17) is 5.21 Å². The lowest BCUT2D eigenvalue weighted by Crippen LogP contribution is -2.16. The fourth-order valence-electron chi connectivity index (χ4n) is 1.11. The molecule has 1 heterocycles. The second-order valence-electron chi connectivity index (χ2n) is 3.30. The molecule has 0 aromatic carbocycles. The Labute approximate surface area is 99.0 Å². The largest absolute Gasteiger partial charge is 0.434 e. The van der Waals surface area contributed by atoms with E-state index in [1.807, 2.05) is 0 Å². The SMILES string of the molecule is CN(O)CCc1cnc(C(F)(F)F)c(Br)c1. The summed E-state index contributed by atoms with van der Waals surface area (Å²) < 4.78 is 37.0. The predicted octanol–water partition coefficient (Wildman–Crippen LogP) is 2.73. The predicted molar refractivity (Wildman–Crippen MR) is 55.1 cm³/mol. The molecule has 0 atom stereocenters. The van der Waals surface area contributed by atoms with Crippen molar-refractivity contribution in [3.8, 4) is 0 Å². The maximum atomic E-state index is 12.4. The van der Waals surface area contributed by atoms with Crippen molar-refractivity contribution in [3.05, 3.63) is 28.0 Å². The molecule has 7 heteroatoms. The molecule has 0 saturated heterocycles. The van der Waals surface area contributed by atoms with Gasteiger partial charge in [-0.25, -0.2) is 0 Å². The lowest BCUT2D eigenvalue weighted by molar-refractivity contribution is -0.141. The third kappa shape index (κ3) is 3.73. The third-order valence-corrected chi connectivity index (χ3v) is 2.49. The fourth-order valence-corrected chi connectivity index (χ4v) is 1.73. The number of hydrogen-bond donors (Lipinski definition) is 1. The summed E-state index contributed by atoms with van der Waals surface area (Å²) in [4.78, 5) is 3.36. The van der Waals surface area contributed by atoms with E-state index in [2.05, 4.69) is 20.9 Å². The molecular formula is C9H10BrF3N2O. The smallest absolute Gasteiger partial charge is 0.314 e. The Bertz CT molecular complexity index is 368. The van der Waals surface area contributed by atoms with Crippen LogP contribution in [0.1, 0.15) is 11.3 Å². The molecule has 0 aliphatic carbocycles. The number of rotatable bonds is 3. The fraction of sp³-hybridized carbons (Fsp3) is 0.444. The van der Waals surface area contributed by atoms with Gasteiger partial charge in [0.25, 0.3) is 0 Å². The Kier molecular flexibility index (Phi) is 4.28. The van der Waals surface area contributed by atoms with Gasteiger partial charge in [-0.05, 0) is 34.0 Å². The van der Waals surface area contributed by atoms with Crippen LogP contribution in [0.4, 0.5) is 13.2 Å². The van der Waals surface area contributed by atoms with Crippen molar-refractivity contribution in [1.29, 1.82) is 0 Å². The van der Waals surface area contributed by atoms with Crippen molar-refractivity contribution in [2.24, 2.45) is 0 Å². The normalized spacial score (nSPS) is 12.2. The van der Waals surface area contributed by atoms with Crippen molar-refractivity contribution in [2.45, 2.75) is 12.6 Å². The molecular weight excluding hydrogens is 289 g/mol. The monoisotopic (exact) mass is 298 g/mol. The van der Waals surface area contributed by atoms with E-state index in [0.29, 0.717) is 18.5 Å². The summed E-state index contributed by atoms with van der Waals surface area (Å²) in [6.07, 6.45) is -2.86. The molecule has 3 nitrogen and oxygen atoms in total. The van der Waals surface area contributed by atoms with Crippen LogP contribution in [0.2, 0.25) is 0 Å². The number of halogens is 4. The quantitative estimate of drug-likeness (QED) is 0.872. The lowest BCUT2D eigenvalue weighted by Gasteiger charge is -2.11. The molecule has 0 unspecified atom stereocenters. The standard InChI is InChI=1S/C9H10BrF3N2O/c1-15(16)3-2-6-4-7(10)8(14-5-6)9(11,12)13/h4-5,16H,2-3H2,1H3. The molecule has 0 amide bonds. The number of hydroxylamine groups is 2. The first kappa shape index (κ1) is 13.4. The molecule has 0 aliphatic heterocycles. The van der Waals surface area contributed by atoms with E-state index in [0.717, 1.165) is 11.3 Å². The van der Waals surface area contributed by atoms with E-state index in [9.17, 15) is 13.2 Å². The second kappa shape index (κ2) is 5.11. The summed E-state index contributed by atoms with van der Waals surface area (Å²) >= 11 is 2.83. The summed E-state index contributed by atoms with van der Waals surface area (Å²) in [5, 5.41) is 9.85. The Balaban J connectivity index is 2.83. The van der Waals surface area contributed by atoms with Gasteiger partial charge in [0, 0.05) is 24.3 Å². The molecule has 90 valence electrons. The number of pyridine rings is 1. The van der Waals surface area contributed by atoms with Gasteiger partial charge in [0.1, 0.15) is 0 Å². The van der Waals surface area contributed by atoms with E-state index in [1.165, 1.54) is 13.1 Å². The van der Waals surface area contributed by atoms with Crippen molar-refractivity contribution in [1.82, 2.24) is 10.0 Å². The molecule has 1 aromatic heterocycles. The minimum absolute atomic E-state index is 0.0851. The van der Waals surface area contributed by atoms with E-state index in [1.54, 1.807) is 0 Å². The first-order valence-electron chi connectivity index (χ1n) is 4.42. The zero-order valence-corrected chi connectivity index (χ0v) is 10.0. The lowest BCUT2D eigenvalue weighted by atomic mass is 10.2. The van der Waals surface area contributed by atoms with Gasteiger partial charge in [0.05, 0.1) is 0 Å². The highest BCUT2D eigenvalue weighted by Crippen LogP contribution is 2.33. The molecule has 1 aromatic rings. The van der Waals surface area contributed by atoms with Gasteiger partial charge in [-0.1, -0.05) is 0 Å². The maximum absolute atomic E-state index is 12.4. The number of nitrogens with zero attached hydrogens (tertiary/aromatic N) is 2. The first-order valence-corrected chi connectivity index (χ1v) is 5.21. The van der Waals surface area contributed by atoms with Crippen LogP contribution in [0.25, 0.3) is 0 Å². The highest BCUT2D eigenvalue weighted by molar-refractivity contribution is 9.10. The zero-order valence-electron chi connectivity index (χ0n) is 8.42. The summed E-state index contributed by atoms with van der Waals surface area (Å²) in [7, 11) is 1.46. The van der Waals surface area contributed by atoms with Crippen LogP contribution in [0, 0.1) is 0 Å². The summed E-state index contributed by atoms with van der Waals surface area (Å²) in [5.41, 5.74) is -0.311. The van der Waals surface area contributed by atoms with Crippen LogP contribution in [-0.2, 0) is 12.6 Å². The van der Waals surface area contributed by atoms with Gasteiger partial charge in [-0.3, -0.25) is 4.98 Å². The minimum Gasteiger partial charge on any atom is -0.314 e. The van der Waals surface area contributed by atoms with Gasteiger partial charge >= 0.3 is 6.18 Å². The summed E-state index contributed by atoms with van der Waals surface area (Å²) in [6.45, 7) is 0.333. The van der Waals surface area contributed by atoms with E-state index in [-0.39, 0.29) is 4.47 Å². The van der Waals surface area contributed by atoms with Crippen LogP contribution in [0.5, 0.6) is 0 Å². The maximum Gasteiger partial charge on any atom is 0.434 e. The van der Waals surface area contributed by atoms with Crippen LogP contribution in [0.3, 0.4) is 0 Å². The number of hydrogen-bond acceptors (Lipinski definition) is 3. The van der Waals surface area contributed by atoms with Gasteiger partial charge in [-0.2, -0.15) is 18.2 Å². The molecule has 1 N–H and O–H groups in total. The highest BCUT2D eigenvalue weighted by Gasteiger charge is 2.34. The Morgan fingerprint density at radius 1 is 1.50 bits per heavy atom. The first-order chi connectivity index (χ1) is 7.30.